The molecule has 1 aliphatic heterocycles. The van der Waals surface area contributed by atoms with E-state index in [-0.39, 0.29) is 17.3 Å². The van der Waals surface area contributed by atoms with Crippen LogP contribution in [-0.4, -0.2) is 67.0 Å². The molecule has 2 unspecified atom stereocenters. The van der Waals surface area contributed by atoms with E-state index in [1.54, 1.807) is 7.11 Å². The molecule has 10 heteroatoms. The SMILES string of the molecule is COc1ccccc1CN(C)CC1COc2cc3c(cc2OC1)C1(CCC(Nc2cccc(Cl)c2)(C(=O)O)CC1)C(C[C@@H](C)COc1ccnc2c1[C@H](C)CCC2)C3. The van der Waals surface area contributed by atoms with E-state index in [2.05, 4.69) is 49.3 Å². The Labute approximate surface area is 348 Å². The topological polar surface area (TPSA) is 102 Å². The molecule has 58 heavy (non-hydrogen) atoms. The number of para-hydroxylation sites is 1. The molecule has 3 aromatic carbocycles. The van der Waals surface area contributed by atoms with E-state index in [4.69, 9.17) is 35.5 Å². The number of halogens is 1. The first-order chi connectivity index (χ1) is 28.1. The van der Waals surface area contributed by atoms with Crippen molar-refractivity contribution in [3.05, 3.63) is 106 Å². The molecule has 4 aromatic rings. The predicted octanol–water partition coefficient (Wildman–Crippen LogP) is 9.73. The third kappa shape index (κ3) is 8.22. The fourth-order valence-corrected chi connectivity index (χ4v) is 10.7. The Morgan fingerprint density at radius 3 is 2.57 bits per heavy atom. The highest BCUT2D eigenvalue weighted by molar-refractivity contribution is 6.30. The average molecular weight is 808 g/mol. The predicted molar refractivity (Wildman–Crippen MR) is 228 cm³/mol. The van der Waals surface area contributed by atoms with Gasteiger partial charge in [-0.3, -0.25) is 4.98 Å². The Morgan fingerprint density at radius 1 is 1.03 bits per heavy atom. The standard InChI is InChI=1S/C48H58ClN3O6/c1-31(28-56-42-15-20-50-40-13-7-9-32(2)45(40)42)21-36-22-35-23-43-44(58-30-33(29-57-43)26-52(3)27-34-10-5-6-14-41(34)55-4)25-39(35)47(36)16-18-48(19-17-47,46(53)54)51-38-12-8-11-37(49)24-38/h5-6,8,10-12,14-15,20,23-25,31-33,36,51H,7,9,13,16-19,21-22,26-30H2,1-4H3,(H,53,54)/t31-,32-,33?,36?,47?,48?/m1/s1. The lowest BCUT2D eigenvalue weighted by Crippen LogP contribution is -2.53. The Bertz CT molecular complexity index is 2100. The molecule has 1 fully saturated rings. The lowest BCUT2D eigenvalue weighted by molar-refractivity contribution is -0.144. The number of carboxylic acids is 1. The van der Waals surface area contributed by atoms with Crippen molar-refractivity contribution < 1.29 is 28.8 Å². The van der Waals surface area contributed by atoms with Crippen LogP contribution in [0.5, 0.6) is 23.0 Å². The summed E-state index contributed by atoms with van der Waals surface area (Å²) in [7, 11) is 3.84. The molecular weight excluding hydrogens is 750 g/mol. The monoisotopic (exact) mass is 807 g/mol. The van der Waals surface area contributed by atoms with Crippen molar-refractivity contribution in [1.82, 2.24) is 9.88 Å². The molecule has 0 radical (unpaired) electrons. The zero-order valence-electron chi connectivity index (χ0n) is 34.4. The van der Waals surface area contributed by atoms with Gasteiger partial charge in [0.2, 0.25) is 0 Å². The number of carbonyl (C=O) groups is 1. The van der Waals surface area contributed by atoms with E-state index in [1.807, 2.05) is 54.7 Å². The van der Waals surface area contributed by atoms with Gasteiger partial charge in [0.05, 0.1) is 26.9 Å². The lowest BCUT2D eigenvalue weighted by Gasteiger charge is -2.47. The van der Waals surface area contributed by atoms with Gasteiger partial charge >= 0.3 is 5.97 Å². The number of aliphatic carboxylic acids is 1. The van der Waals surface area contributed by atoms with Crippen LogP contribution in [0.15, 0.2) is 72.9 Å². The highest BCUT2D eigenvalue weighted by Crippen LogP contribution is 2.58. The largest absolute Gasteiger partial charge is 0.496 e. The second kappa shape index (κ2) is 17.0. The smallest absolute Gasteiger partial charge is 0.329 e. The van der Waals surface area contributed by atoms with Gasteiger partial charge in [-0.25, -0.2) is 4.79 Å². The zero-order valence-corrected chi connectivity index (χ0v) is 35.2. The summed E-state index contributed by atoms with van der Waals surface area (Å²) in [5.74, 6) is 3.86. The molecule has 2 N–H and O–H groups in total. The molecule has 0 bridgehead atoms. The van der Waals surface area contributed by atoms with Crippen molar-refractivity contribution in [3.8, 4) is 23.0 Å². The Kier molecular flexibility index (Phi) is 11.8. The first kappa shape index (κ1) is 40.3. The van der Waals surface area contributed by atoms with Gasteiger partial charge in [-0.2, -0.15) is 0 Å². The summed E-state index contributed by atoms with van der Waals surface area (Å²) in [5.41, 5.74) is 5.61. The number of benzene rings is 3. The number of pyridine rings is 1. The summed E-state index contributed by atoms with van der Waals surface area (Å²) in [6, 6.07) is 22.0. The zero-order chi connectivity index (χ0) is 40.4. The number of anilines is 1. The number of carboxylic acid groups (broad SMARTS) is 1. The number of aromatic nitrogens is 1. The van der Waals surface area contributed by atoms with Crippen LogP contribution >= 0.6 is 11.6 Å². The summed E-state index contributed by atoms with van der Waals surface area (Å²) in [6.45, 7) is 7.91. The van der Waals surface area contributed by atoms with Gasteiger partial charge in [-0.1, -0.05) is 49.7 Å². The minimum absolute atomic E-state index is 0.182. The number of nitrogens with one attached hydrogen (secondary N) is 1. The number of hydrogen-bond acceptors (Lipinski definition) is 8. The van der Waals surface area contributed by atoms with E-state index in [0.29, 0.717) is 49.5 Å². The normalized spacial score (nSPS) is 25.4. The number of aryl methyl sites for hydroxylation is 1. The molecule has 3 aliphatic carbocycles. The minimum Gasteiger partial charge on any atom is -0.496 e. The van der Waals surface area contributed by atoms with Gasteiger partial charge in [-0.05, 0) is 142 Å². The molecule has 1 saturated carbocycles. The highest BCUT2D eigenvalue weighted by Gasteiger charge is 2.54. The first-order valence-corrected chi connectivity index (χ1v) is 21.5. The van der Waals surface area contributed by atoms with Crippen LogP contribution in [0.4, 0.5) is 5.69 Å². The van der Waals surface area contributed by atoms with Gasteiger partial charge in [0.25, 0.3) is 0 Å². The van der Waals surface area contributed by atoms with Gasteiger partial charge in [0.15, 0.2) is 11.5 Å². The quantitative estimate of drug-likeness (QED) is 0.137. The van der Waals surface area contributed by atoms with Crippen molar-refractivity contribution in [2.45, 2.75) is 95.1 Å². The molecule has 9 nitrogen and oxygen atoms in total. The Balaban J connectivity index is 1.02. The maximum atomic E-state index is 13.1. The second-order valence-corrected chi connectivity index (χ2v) is 18.1. The van der Waals surface area contributed by atoms with Crippen LogP contribution in [0.2, 0.25) is 5.02 Å². The van der Waals surface area contributed by atoms with Gasteiger partial charge in [0, 0.05) is 52.7 Å². The third-order valence-corrected chi connectivity index (χ3v) is 13.7. The van der Waals surface area contributed by atoms with Gasteiger partial charge in [-0.15, -0.1) is 0 Å². The van der Waals surface area contributed by atoms with E-state index in [1.165, 1.54) is 28.8 Å². The summed E-state index contributed by atoms with van der Waals surface area (Å²) in [6.07, 6.45) is 9.58. The maximum Gasteiger partial charge on any atom is 0.329 e. The van der Waals surface area contributed by atoms with Crippen molar-refractivity contribution >= 4 is 23.3 Å². The van der Waals surface area contributed by atoms with Crippen molar-refractivity contribution in [2.24, 2.45) is 17.8 Å². The fraction of sp³-hybridized carbons (Fsp3) is 0.500. The van der Waals surface area contributed by atoms with Crippen LogP contribution in [0.1, 0.15) is 92.7 Å². The van der Waals surface area contributed by atoms with E-state index in [9.17, 15) is 9.90 Å². The molecule has 4 aliphatic rings. The number of hydrogen-bond donors (Lipinski definition) is 2. The number of methoxy groups -OCH3 is 1. The molecule has 0 amide bonds. The third-order valence-electron chi connectivity index (χ3n) is 13.5. The molecule has 2 heterocycles. The number of nitrogens with zero attached hydrogens (tertiary/aromatic N) is 2. The maximum absolute atomic E-state index is 13.1. The van der Waals surface area contributed by atoms with Crippen LogP contribution in [0.25, 0.3) is 0 Å². The molecule has 1 aromatic heterocycles. The minimum atomic E-state index is -1.09. The summed E-state index contributed by atoms with van der Waals surface area (Å²) < 4.78 is 25.4. The van der Waals surface area contributed by atoms with E-state index >= 15 is 0 Å². The highest BCUT2D eigenvalue weighted by atomic mass is 35.5. The van der Waals surface area contributed by atoms with Crippen molar-refractivity contribution in [2.75, 3.05) is 45.8 Å². The number of ether oxygens (including phenoxy) is 4. The van der Waals surface area contributed by atoms with Crippen LogP contribution in [0.3, 0.4) is 0 Å². The average Bonchev–Trinajstić information content (AvgIpc) is 3.34. The molecule has 0 saturated heterocycles. The molecular formula is C48H58ClN3O6. The van der Waals surface area contributed by atoms with Crippen molar-refractivity contribution in [3.63, 3.8) is 0 Å². The van der Waals surface area contributed by atoms with Crippen LogP contribution in [0, 0.1) is 17.8 Å². The van der Waals surface area contributed by atoms with E-state index < -0.39 is 11.5 Å². The molecule has 308 valence electrons. The number of fused-ring (bicyclic) bond motifs is 4. The lowest BCUT2D eigenvalue weighted by atomic mass is 9.59. The van der Waals surface area contributed by atoms with Gasteiger partial charge < -0.3 is 34.3 Å². The summed E-state index contributed by atoms with van der Waals surface area (Å²) in [4.78, 5) is 20.1. The van der Waals surface area contributed by atoms with Crippen LogP contribution < -0.4 is 24.3 Å². The van der Waals surface area contributed by atoms with Crippen molar-refractivity contribution in [1.29, 1.82) is 0 Å². The Hall–Kier alpha value is -4.47. The first-order valence-electron chi connectivity index (χ1n) is 21.2. The van der Waals surface area contributed by atoms with Crippen LogP contribution in [-0.2, 0) is 29.6 Å². The number of rotatable bonds is 13. The second-order valence-electron chi connectivity index (χ2n) is 17.6. The van der Waals surface area contributed by atoms with Gasteiger partial charge in [0.1, 0.15) is 17.0 Å². The Morgan fingerprint density at radius 2 is 1.81 bits per heavy atom. The fourth-order valence-electron chi connectivity index (χ4n) is 10.5. The molecule has 4 atom stereocenters. The summed E-state index contributed by atoms with van der Waals surface area (Å²) >= 11 is 6.33. The van der Waals surface area contributed by atoms with E-state index in [0.717, 1.165) is 85.9 Å². The molecule has 1 spiro atoms. The molecule has 8 rings (SSSR count). The summed E-state index contributed by atoms with van der Waals surface area (Å²) in [5, 5.41) is 14.8.